The molecule has 1 nitrogen and oxygen atoms in total. The fraction of sp³-hybridized carbons (Fsp3) is 1.00. The van der Waals surface area contributed by atoms with Gasteiger partial charge in [-0.05, 0) is 57.8 Å². The molecule has 2 rings (SSSR count). The highest BCUT2D eigenvalue weighted by Crippen LogP contribution is 2.47. The molecule has 2 bridgehead atoms. The Morgan fingerprint density at radius 2 is 1.25 bits per heavy atom. The molecule has 0 radical (unpaired) electrons. The van der Waals surface area contributed by atoms with Crippen LogP contribution in [0.4, 0.5) is 0 Å². The summed E-state index contributed by atoms with van der Waals surface area (Å²) in [5.74, 6) is 0.934. The van der Waals surface area contributed by atoms with Gasteiger partial charge in [-0.2, -0.15) is 0 Å². The van der Waals surface area contributed by atoms with Crippen LogP contribution in [0.3, 0.4) is 0 Å². The van der Waals surface area contributed by atoms with Gasteiger partial charge in [0.1, 0.15) is 0 Å². The smallest absolute Gasteiger partial charge is 0.0130 e. The van der Waals surface area contributed by atoms with Crippen molar-refractivity contribution in [1.82, 2.24) is 4.90 Å². The Hall–Kier alpha value is -0.0400. The Balaban J connectivity index is 2.13. The second-order valence-electron chi connectivity index (χ2n) is 8.00. The van der Waals surface area contributed by atoms with Crippen LogP contribution < -0.4 is 0 Å². The topological polar surface area (TPSA) is 3.24 Å². The molecule has 2 aliphatic rings. The monoisotopic (exact) mass is 223 g/mol. The minimum absolute atomic E-state index is 0.370. The number of rotatable bonds is 0. The van der Waals surface area contributed by atoms with E-state index in [2.05, 4.69) is 46.4 Å². The summed E-state index contributed by atoms with van der Waals surface area (Å²) in [5, 5.41) is 0. The van der Waals surface area contributed by atoms with Crippen molar-refractivity contribution >= 4 is 0 Å². The van der Waals surface area contributed by atoms with Gasteiger partial charge in [0.25, 0.3) is 0 Å². The summed E-state index contributed by atoms with van der Waals surface area (Å²) in [4.78, 5) is 2.81. The average molecular weight is 223 g/mol. The van der Waals surface area contributed by atoms with Crippen molar-refractivity contribution in [2.45, 2.75) is 84.8 Å². The first-order valence-electron chi connectivity index (χ1n) is 6.98. The first kappa shape index (κ1) is 12.4. The Labute approximate surface area is 102 Å². The molecule has 0 saturated carbocycles. The number of hydrogen-bond acceptors (Lipinski definition) is 1. The molecule has 0 amide bonds. The second kappa shape index (κ2) is 3.73. The van der Waals surface area contributed by atoms with Gasteiger partial charge < -0.3 is 0 Å². The molecule has 0 aliphatic carbocycles. The van der Waals surface area contributed by atoms with E-state index in [0.29, 0.717) is 11.0 Å². The van der Waals surface area contributed by atoms with E-state index >= 15 is 0 Å². The Bertz CT molecular complexity index is 242. The molecule has 2 heterocycles. The lowest BCUT2D eigenvalue weighted by Crippen LogP contribution is -2.54. The SMILES string of the molecule is CC(C)(C)[C@@H]1C[C@H]2CC[C@@H](C1)N2C(C)(C)C. The summed E-state index contributed by atoms with van der Waals surface area (Å²) in [6.45, 7) is 14.4. The average Bonchev–Trinajstić information content (AvgIpc) is 2.35. The van der Waals surface area contributed by atoms with E-state index in [0.717, 1.165) is 18.0 Å². The summed E-state index contributed by atoms with van der Waals surface area (Å²) in [7, 11) is 0. The lowest BCUT2D eigenvalue weighted by molar-refractivity contribution is -0.00409. The van der Waals surface area contributed by atoms with E-state index in [4.69, 9.17) is 0 Å². The van der Waals surface area contributed by atoms with Crippen molar-refractivity contribution in [3.05, 3.63) is 0 Å². The van der Waals surface area contributed by atoms with Crippen molar-refractivity contribution in [1.29, 1.82) is 0 Å². The summed E-state index contributed by atoms with van der Waals surface area (Å²) < 4.78 is 0. The molecule has 2 fully saturated rings. The molecule has 2 aliphatic heterocycles. The molecule has 0 aromatic heterocycles. The molecule has 0 aromatic rings. The Morgan fingerprint density at radius 1 is 0.812 bits per heavy atom. The molecule has 1 heteroatoms. The van der Waals surface area contributed by atoms with Crippen molar-refractivity contribution in [2.24, 2.45) is 11.3 Å². The molecule has 0 N–H and O–H groups in total. The summed E-state index contributed by atoms with van der Waals surface area (Å²) >= 11 is 0. The predicted molar refractivity (Wildman–Crippen MR) is 70.6 cm³/mol. The second-order valence-corrected chi connectivity index (χ2v) is 8.00. The van der Waals surface area contributed by atoms with E-state index in [-0.39, 0.29) is 0 Å². The standard InChI is InChI=1S/C15H29N/c1-14(2,3)11-9-12-7-8-13(10-11)16(12)15(4,5)6/h11-13H,7-10H2,1-6H3/t11-,12-,13+. The first-order chi connectivity index (χ1) is 7.19. The van der Waals surface area contributed by atoms with Crippen LogP contribution in [0, 0.1) is 11.3 Å². The molecule has 2 saturated heterocycles. The van der Waals surface area contributed by atoms with Gasteiger partial charge in [0.15, 0.2) is 0 Å². The quantitative estimate of drug-likeness (QED) is 0.598. The third kappa shape index (κ3) is 2.16. The third-order valence-electron chi connectivity index (χ3n) is 4.73. The largest absolute Gasteiger partial charge is 0.293 e. The van der Waals surface area contributed by atoms with Gasteiger partial charge in [-0.3, -0.25) is 4.90 Å². The van der Waals surface area contributed by atoms with Gasteiger partial charge in [-0.25, -0.2) is 0 Å². The highest BCUT2D eigenvalue weighted by Gasteiger charge is 2.47. The van der Waals surface area contributed by atoms with Gasteiger partial charge in [-0.15, -0.1) is 0 Å². The maximum absolute atomic E-state index is 2.81. The normalized spacial score (nSPS) is 36.8. The molecule has 0 aromatic carbocycles. The van der Waals surface area contributed by atoms with Crippen LogP contribution in [-0.4, -0.2) is 22.5 Å². The van der Waals surface area contributed by atoms with Crippen molar-refractivity contribution < 1.29 is 0 Å². The zero-order valence-electron chi connectivity index (χ0n) is 12.0. The molecule has 94 valence electrons. The fourth-order valence-electron chi connectivity index (χ4n) is 3.98. The van der Waals surface area contributed by atoms with Crippen LogP contribution in [0.25, 0.3) is 0 Å². The minimum atomic E-state index is 0.370. The molecule has 0 unspecified atom stereocenters. The number of nitrogens with zero attached hydrogens (tertiary/aromatic N) is 1. The van der Waals surface area contributed by atoms with Gasteiger partial charge >= 0.3 is 0 Å². The van der Waals surface area contributed by atoms with Crippen molar-refractivity contribution in [3.63, 3.8) is 0 Å². The van der Waals surface area contributed by atoms with E-state index in [1.807, 2.05) is 0 Å². The van der Waals surface area contributed by atoms with E-state index in [9.17, 15) is 0 Å². The Kier molecular flexibility index (Phi) is 2.89. The minimum Gasteiger partial charge on any atom is -0.293 e. The Morgan fingerprint density at radius 3 is 1.56 bits per heavy atom. The predicted octanol–water partition coefficient (Wildman–Crippen LogP) is 4.07. The number of hydrogen-bond donors (Lipinski definition) is 0. The van der Waals surface area contributed by atoms with Crippen LogP contribution in [-0.2, 0) is 0 Å². The lowest BCUT2D eigenvalue weighted by atomic mass is 9.72. The van der Waals surface area contributed by atoms with Gasteiger partial charge in [0.2, 0.25) is 0 Å². The van der Waals surface area contributed by atoms with Crippen molar-refractivity contribution in [3.8, 4) is 0 Å². The molecule has 3 atom stereocenters. The molecular weight excluding hydrogens is 194 g/mol. The summed E-state index contributed by atoms with van der Waals surface area (Å²) in [5.41, 5.74) is 0.875. The maximum atomic E-state index is 2.81. The van der Waals surface area contributed by atoms with E-state index in [1.165, 1.54) is 25.7 Å². The molecule has 16 heavy (non-hydrogen) atoms. The third-order valence-corrected chi connectivity index (χ3v) is 4.73. The molecular formula is C15H29N. The van der Waals surface area contributed by atoms with E-state index in [1.54, 1.807) is 0 Å². The van der Waals surface area contributed by atoms with Gasteiger partial charge in [0, 0.05) is 17.6 Å². The first-order valence-corrected chi connectivity index (χ1v) is 6.98. The number of fused-ring (bicyclic) bond motifs is 2. The fourth-order valence-corrected chi connectivity index (χ4v) is 3.98. The van der Waals surface area contributed by atoms with Crippen LogP contribution in [0.5, 0.6) is 0 Å². The zero-order valence-corrected chi connectivity index (χ0v) is 12.0. The van der Waals surface area contributed by atoms with Crippen LogP contribution in [0.1, 0.15) is 67.2 Å². The summed E-state index contributed by atoms with van der Waals surface area (Å²) in [6, 6.07) is 1.73. The highest BCUT2D eigenvalue weighted by molar-refractivity contribution is 5.01. The van der Waals surface area contributed by atoms with Gasteiger partial charge in [-0.1, -0.05) is 20.8 Å². The maximum Gasteiger partial charge on any atom is 0.0130 e. The van der Waals surface area contributed by atoms with Gasteiger partial charge in [0.05, 0.1) is 0 Å². The van der Waals surface area contributed by atoms with Crippen LogP contribution >= 0.6 is 0 Å². The lowest BCUT2D eigenvalue weighted by Gasteiger charge is -2.49. The van der Waals surface area contributed by atoms with E-state index < -0.39 is 0 Å². The highest BCUT2D eigenvalue weighted by atomic mass is 15.3. The summed E-state index contributed by atoms with van der Waals surface area (Å²) in [6.07, 6.45) is 5.73. The van der Waals surface area contributed by atoms with Crippen LogP contribution in [0.2, 0.25) is 0 Å². The molecule has 0 spiro atoms. The zero-order chi connectivity index (χ0) is 12.1. The van der Waals surface area contributed by atoms with Crippen LogP contribution in [0.15, 0.2) is 0 Å². The van der Waals surface area contributed by atoms with Crippen molar-refractivity contribution in [2.75, 3.05) is 0 Å². The number of piperidine rings is 1.